The summed E-state index contributed by atoms with van der Waals surface area (Å²) in [6, 6.07) is 9.86. The summed E-state index contributed by atoms with van der Waals surface area (Å²) in [6.45, 7) is 4.64. The van der Waals surface area contributed by atoms with Crippen molar-refractivity contribution < 1.29 is 9.50 Å². The van der Waals surface area contributed by atoms with Crippen LogP contribution in [0.15, 0.2) is 42.6 Å². The molecule has 0 aliphatic carbocycles. The fourth-order valence-electron chi connectivity index (χ4n) is 1.95. The SMILES string of the molecule is Cc1ccc(CNCC(C)(O)c2ccc(F)cc2)nc1. The van der Waals surface area contributed by atoms with Crippen molar-refractivity contribution in [3.63, 3.8) is 0 Å². The van der Waals surface area contributed by atoms with Crippen molar-refractivity contribution >= 4 is 0 Å². The molecule has 20 heavy (non-hydrogen) atoms. The molecule has 0 bridgehead atoms. The van der Waals surface area contributed by atoms with Crippen LogP contribution in [0.3, 0.4) is 0 Å². The molecule has 1 aromatic heterocycles. The summed E-state index contributed by atoms with van der Waals surface area (Å²) in [5, 5.41) is 13.6. The van der Waals surface area contributed by atoms with Crippen LogP contribution in [0.1, 0.15) is 23.7 Å². The lowest BCUT2D eigenvalue weighted by atomic mass is 9.96. The third-order valence-corrected chi connectivity index (χ3v) is 3.21. The molecule has 0 saturated carbocycles. The van der Waals surface area contributed by atoms with E-state index in [1.54, 1.807) is 19.1 Å². The van der Waals surface area contributed by atoms with Gasteiger partial charge < -0.3 is 10.4 Å². The highest BCUT2D eigenvalue weighted by atomic mass is 19.1. The highest BCUT2D eigenvalue weighted by Gasteiger charge is 2.22. The molecule has 3 nitrogen and oxygen atoms in total. The number of nitrogens with one attached hydrogen (secondary N) is 1. The summed E-state index contributed by atoms with van der Waals surface area (Å²) < 4.78 is 12.9. The van der Waals surface area contributed by atoms with Crippen LogP contribution in [0, 0.1) is 12.7 Å². The Labute approximate surface area is 118 Å². The van der Waals surface area contributed by atoms with Gasteiger partial charge in [-0.25, -0.2) is 4.39 Å². The van der Waals surface area contributed by atoms with Gasteiger partial charge in [0.25, 0.3) is 0 Å². The summed E-state index contributed by atoms with van der Waals surface area (Å²) in [7, 11) is 0. The Morgan fingerprint density at radius 1 is 1.20 bits per heavy atom. The van der Waals surface area contributed by atoms with Crippen LogP contribution in [0.25, 0.3) is 0 Å². The van der Waals surface area contributed by atoms with E-state index >= 15 is 0 Å². The Morgan fingerprint density at radius 3 is 2.50 bits per heavy atom. The van der Waals surface area contributed by atoms with Gasteiger partial charge in [-0.15, -0.1) is 0 Å². The maximum absolute atomic E-state index is 12.9. The number of hydrogen-bond acceptors (Lipinski definition) is 3. The Kier molecular flexibility index (Phi) is 4.47. The zero-order valence-electron chi connectivity index (χ0n) is 11.7. The molecule has 106 valence electrons. The lowest BCUT2D eigenvalue weighted by Gasteiger charge is -2.24. The number of halogens is 1. The molecule has 1 unspecified atom stereocenters. The second-order valence-electron chi connectivity index (χ2n) is 5.21. The normalized spacial score (nSPS) is 14.0. The molecular weight excluding hydrogens is 255 g/mol. The van der Waals surface area contributed by atoms with Crippen LogP contribution in [0.2, 0.25) is 0 Å². The lowest BCUT2D eigenvalue weighted by Crippen LogP contribution is -2.35. The zero-order chi connectivity index (χ0) is 14.6. The summed E-state index contributed by atoms with van der Waals surface area (Å²) in [5.74, 6) is -0.304. The highest BCUT2D eigenvalue weighted by Crippen LogP contribution is 2.19. The number of rotatable bonds is 5. The minimum Gasteiger partial charge on any atom is -0.384 e. The molecule has 1 aromatic carbocycles. The molecule has 1 heterocycles. The molecular formula is C16H19FN2O. The average molecular weight is 274 g/mol. The number of aromatic nitrogens is 1. The van der Waals surface area contributed by atoms with E-state index in [9.17, 15) is 9.50 Å². The molecule has 0 spiro atoms. The smallest absolute Gasteiger partial charge is 0.123 e. The van der Waals surface area contributed by atoms with Gasteiger partial charge in [-0.2, -0.15) is 0 Å². The summed E-state index contributed by atoms with van der Waals surface area (Å²) in [4.78, 5) is 4.29. The van der Waals surface area contributed by atoms with Gasteiger partial charge in [0.05, 0.1) is 11.3 Å². The molecule has 0 saturated heterocycles. The lowest BCUT2D eigenvalue weighted by molar-refractivity contribution is 0.0565. The van der Waals surface area contributed by atoms with Crippen LogP contribution in [-0.4, -0.2) is 16.6 Å². The molecule has 0 amide bonds. The summed E-state index contributed by atoms with van der Waals surface area (Å²) in [5.41, 5.74) is 1.68. The Morgan fingerprint density at radius 2 is 1.90 bits per heavy atom. The number of aryl methyl sites for hydroxylation is 1. The van der Waals surface area contributed by atoms with Gasteiger partial charge in [0, 0.05) is 19.3 Å². The van der Waals surface area contributed by atoms with Crippen LogP contribution in [0.4, 0.5) is 4.39 Å². The van der Waals surface area contributed by atoms with Crippen molar-refractivity contribution in [1.82, 2.24) is 10.3 Å². The first-order chi connectivity index (χ1) is 9.47. The molecule has 0 aliphatic heterocycles. The average Bonchev–Trinajstić information content (AvgIpc) is 2.41. The minimum atomic E-state index is -1.04. The maximum atomic E-state index is 12.9. The first kappa shape index (κ1) is 14.6. The van der Waals surface area contributed by atoms with E-state index in [1.807, 2.05) is 25.3 Å². The zero-order valence-corrected chi connectivity index (χ0v) is 11.7. The molecule has 2 aromatic rings. The van der Waals surface area contributed by atoms with Crippen LogP contribution in [0.5, 0.6) is 0 Å². The maximum Gasteiger partial charge on any atom is 0.123 e. The Balaban J connectivity index is 1.92. The van der Waals surface area contributed by atoms with E-state index in [0.717, 1.165) is 11.3 Å². The predicted molar refractivity (Wildman–Crippen MR) is 76.7 cm³/mol. The van der Waals surface area contributed by atoms with E-state index in [2.05, 4.69) is 10.3 Å². The number of pyridine rings is 1. The fraction of sp³-hybridized carbons (Fsp3) is 0.312. The van der Waals surface area contributed by atoms with Gasteiger partial charge in [0.2, 0.25) is 0 Å². The quantitative estimate of drug-likeness (QED) is 0.880. The van der Waals surface area contributed by atoms with E-state index < -0.39 is 5.60 Å². The van der Waals surface area contributed by atoms with Gasteiger partial charge >= 0.3 is 0 Å². The molecule has 0 aliphatic rings. The Hall–Kier alpha value is -1.78. The molecule has 2 rings (SSSR count). The van der Waals surface area contributed by atoms with Crippen molar-refractivity contribution in [3.8, 4) is 0 Å². The largest absolute Gasteiger partial charge is 0.384 e. The monoisotopic (exact) mass is 274 g/mol. The predicted octanol–water partition coefficient (Wildman–Crippen LogP) is 2.53. The molecule has 0 fully saturated rings. The number of benzene rings is 1. The third-order valence-electron chi connectivity index (χ3n) is 3.21. The number of nitrogens with zero attached hydrogens (tertiary/aromatic N) is 1. The van der Waals surface area contributed by atoms with E-state index in [1.165, 1.54) is 12.1 Å². The van der Waals surface area contributed by atoms with Gasteiger partial charge in [-0.1, -0.05) is 18.2 Å². The number of aliphatic hydroxyl groups is 1. The fourth-order valence-corrected chi connectivity index (χ4v) is 1.95. The third kappa shape index (κ3) is 3.85. The first-order valence-electron chi connectivity index (χ1n) is 6.58. The van der Waals surface area contributed by atoms with Gasteiger partial charge in [0.15, 0.2) is 0 Å². The number of hydrogen-bond donors (Lipinski definition) is 2. The van der Waals surface area contributed by atoms with Gasteiger partial charge in [-0.3, -0.25) is 4.98 Å². The van der Waals surface area contributed by atoms with Crippen molar-refractivity contribution in [1.29, 1.82) is 0 Å². The van der Waals surface area contributed by atoms with Gasteiger partial charge in [-0.05, 0) is 43.2 Å². The molecule has 1 atom stereocenters. The van der Waals surface area contributed by atoms with Crippen LogP contribution in [-0.2, 0) is 12.1 Å². The van der Waals surface area contributed by atoms with E-state index in [-0.39, 0.29) is 5.82 Å². The second-order valence-corrected chi connectivity index (χ2v) is 5.21. The molecule has 4 heteroatoms. The molecule has 2 N–H and O–H groups in total. The standard InChI is InChI=1S/C16H19FN2O/c1-12-3-8-15(19-9-12)10-18-11-16(2,20)13-4-6-14(17)7-5-13/h3-9,18,20H,10-11H2,1-2H3. The first-order valence-corrected chi connectivity index (χ1v) is 6.58. The van der Waals surface area contributed by atoms with Crippen molar-refractivity contribution in [2.75, 3.05) is 6.54 Å². The van der Waals surface area contributed by atoms with E-state index in [0.29, 0.717) is 18.7 Å². The van der Waals surface area contributed by atoms with Gasteiger partial charge in [0.1, 0.15) is 5.82 Å². The van der Waals surface area contributed by atoms with Crippen LogP contribution >= 0.6 is 0 Å². The summed E-state index contributed by atoms with van der Waals surface area (Å²) in [6.07, 6.45) is 1.81. The van der Waals surface area contributed by atoms with Crippen molar-refractivity contribution in [2.24, 2.45) is 0 Å². The highest BCUT2D eigenvalue weighted by molar-refractivity contribution is 5.22. The minimum absolute atomic E-state index is 0.304. The van der Waals surface area contributed by atoms with E-state index in [4.69, 9.17) is 0 Å². The Bertz CT molecular complexity index is 550. The molecule has 0 radical (unpaired) electrons. The second kappa shape index (κ2) is 6.11. The van der Waals surface area contributed by atoms with Crippen molar-refractivity contribution in [2.45, 2.75) is 26.0 Å². The van der Waals surface area contributed by atoms with Crippen molar-refractivity contribution in [3.05, 3.63) is 65.2 Å². The van der Waals surface area contributed by atoms with Crippen LogP contribution < -0.4 is 5.32 Å². The summed E-state index contributed by atoms with van der Waals surface area (Å²) >= 11 is 0. The topological polar surface area (TPSA) is 45.1 Å².